The molecule has 0 saturated carbocycles. The van der Waals surface area contributed by atoms with E-state index in [-0.39, 0.29) is 35.8 Å². The van der Waals surface area contributed by atoms with E-state index in [2.05, 4.69) is 15.3 Å². The molecule has 0 radical (unpaired) electrons. The molecule has 1 amide bonds. The average molecular weight is 668 g/mol. The molecule has 1 N–H and O–H groups in total. The van der Waals surface area contributed by atoms with Crippen LogP contribution in [-0.4, -0.2) is 71.5 Å². The van der Waals surface area contributed by atoms with Gasteiger partial charge in [0.25, 0.3) is 0 Å². The molecular formula is C34H39F2N5O5S. The number of ether oxygens (including phenoxy) is 2. The summed E-state index contributed by atoms with van der Waals surface area (Å²) in [6, 6.07) is 11.4. The number of anilines is 1. The minimum atomic E-state index is -3.74. The van der Waals surface area contributed by atoms with E-state index in [1.807, 2.05) is 33.8 Å². The molecular weight excluding hydrogens is 628 g/mol. The molecule has 1 aliphatic heterocycles. The Morgan fingerprint density at radius 2 is 1.87 bits per heavy atom. The summed E-state index contributed by atoms with van der Waals surface area (Å²) in [5, 5.41) is 4.24. The van der Waals surface area contributed by atoms with Gasteiger partial charge >= 0.3 is 6.09 Å². The van der Waals surface area contributed by atoms with Crippen LogP contribution < -0.4 is 10.1 Å². The Labute approximate surface area is 273 Å². The fourth-order valence-electron chi connectivity index (χ4n) is 5.48. The molecule has 0 unspecified atom stereocenters. The molecule has 0 aliphatic carbocycles. The summed E-state index contributed by atoms with van der Waals surface area (Å²) in [5.74, 6) is -0.582. The first kappa shape index (κ1) is 34.0. The highest BCUT2D eigenvalue weighted by atomic mass is 32.2. The van der Waals surface area contributed by atoms with Crippen molar-refractivity contribution in [1.29, 1.82) is 0 Å². The molecule has 10 nitrogen and oxygen atoms in total. The van der Waals surface area contributed by atoms with Crippen LogP contribution in [-0.2, 0) is 20.3 Å². The minimum Gasteiger partial charge on any atom is -0.444 e. The maximum atomic E-state index is 15.0. The van der Waals surface area contributed by atoms with Crippen molar-refractivity contribution in [2.75, 3.05) is 30.8 Å². The lowest BCUT2D eigenvalue weighted by Gasteiger charge is -2.34. The van der Waals surface area contributed by atoms with Crippen molar-refractivity contribution >= 4 is 32.7 Å². The number of aryl methyl sites for hydroxylation is 1. The third kappa shape index (κ3) is 8.51. The van der Waals surface area contributed by atoms with Gasteiger partial charge < -0.3 is 19.7 Å². The number of nitrogens with zero attached hydrogens (tertiary/aromatic N) is 4. The van der Waals surface area contributed by atoms with Gasteiger partial charge in [-0.05, 0) is 88.2 Å². The van der Waals surface area contributed by atoms with Gasteiger partial charge in [0.15, 0.2) is 9.84 Å². The number of alkyl halides is 1. The molecule has 2 aromatic carbocycles. The van der Waals surface area contributed by atoms with Gasteiger partial charge in [0, 0.05) is 42.5 Å². The van der Waals surface area contributed by atoms with Crippen LogP contribution in [0.1, 0.15) is 51.2 Å². The zero-order valence-electron chi connectivity index (χ0n) is 26.9. The summed E-state index contributed by atoms with van der Waals surface area (Å²) in [6.07, 6.45) is 4.33. The highest BCUT2D eigenvalue weighted by molar-refractivity contribution is 7.90. The molecule has 3 heterocycles. The molecule has 5 rings (SSSR count). The zero-order chi connectivity index (χ0) is 33.8. The molecule has 1 fully saturated rings. The van der Waals surface area contributed by atoms with Crippen LogP contribution in [0.5, 0.6) is 11.6 Å². The number of likely N-dealkylation sites (tertiary alicyclic amines) is 1. The molecule has 0 spiro atoms. The Bertz CT molecular complexity index is 1870. The van der Waals surface area contributed by atoms with E-state index in [1.165, 1.54) is 6.07 Å². The van der Waals surface area contributed by atoms with Crippen LogP contribution in [0.25, 0.3) is 22.0 Å². The molecule has 0 bridgehead atoms. The smallest absolute Gasteiger partial charge is 0.410 e. The van der Waals surface area contributed by atoms with Crippen LogP contribution >= 0.6 is 0 Å². The number of hydrogen-bond acceptors (Lipinski definition) is 9. The fraction of sp³-hybridized carbons (Fsp3) is 0.412. The van der Waals surface area contributed by atoms with E-state index in [9.17, 15) is 17.6 Å². The number of halogens is 2. The van der Waals surface area contributed by atoms with Gasteiger partial charge in [0.1, 0.15) is 17.2 Å². The number of sulfone groups is 1. The Morgan fingerprint density at radius 1 is 1.09 bits per heavy atom. The standard InChI is InChI=1S/C34H39F2N5O5S/c1-22-10-11-24-25(12-13-28(36)27(24)21-47(43,44)19-7-15-35)30(22)45-31-26(9-5-16-37-31)29-14-17-38-32(40-29)39-23-8-6-18-41(20-23)33(42)46-34(2,3)4/h5,9-14,16-17,23H,6-8,15,18-21H2,1-4H3,(H,38,39,40)/t23-/m0/s1. The van der Waals surface area contributed by atoms with Crippen LogP contribution in [0.4, 0.5) is 19.5 Å². The Morgan fingerprint density at radius 3 is 2.64 bits per heavy atom. The van der Waals surface area contributed by atoms with Gasteiger partial charge in [-0.1, -0.05) is 12.1 Å². The lowest BCUT2D eigenvalue weighted by atomic mass is 10.0. The summed E-state index contributed by atoms with van der Waals surface area (Å²) < 4.78 is 64.9. The number of aromatic nitrogens is 3. The maximum Gasteiger partial charge on any atom is 0.410 e. The monoisotopic (exact) mass is 667 g/mol. The van der Waals surface area contributed by atoms with Gasteiger partial charge in [0.2, 0.25) is 11.8 Å². The second kappa shape index (κ2) is 14.2. The number of carbonyl (C=O) groups excluding carboxylic acids is 1. The molecule has 1 saturated heterocycles. The van der Waals surface area contributed by atoms with E-state index in [0.717, 1.165) is 18.4 Å². The van der Waals surface area contributed by atoms with Crippen LogP contribution in [0.3, 0.4) is 0 Å². The third-order valence-electron chi connectivity index (χ3n) is 7.66. The van der Waals surface area contributed by atoms with Gasteiger partial charge in [-0.2, -0.15) is 0 Å². The van der Waals surface area contributed by atoms with E-state index in [1.54, 1.807) is 47.6 Å². The number of fused-ring (bicyclic) bond motifs is 1. The highest BCUT2D eigenvalue weighted by Gasteiger charge is 2.28. The summed E-state index contributed by atoms with van der Waals surface area (Å²) >= 11 is 0. The number of amides is 1. The van der Waals surface area contributed by atoms with Crippen LogP contribution in [0.15, 0.2) is 54.9 Å². The number of piperidine rings is 1. The van der Waals surface area contributed by atoms with E-state index >= 15 is 4.39 Å². The summed E-state index contributed by atoms with van der Waals surface area (Å²) in [6.45, 7) is 7.64. The fourth-order valence-corrected chi connectivity index (χ4v) is 6.91. The predicted octanol–water partition coefficient (Wildman–Crippen LogP) is 7.02. The lowest BCUT2D eigenvalue weighted by molar-refractivity contribution is 0.0206. The third-order valence-corrected chi connectivity index (χ3v) is 9.30. The largest absolute Gasteiger partial charge is 0.444 e. The van der Waals surface area contributed by atoms with Crippen molar-refractivity contribution in [3.63, 3.8) is 0 Å². The predicted molar refractivity (Wildman–Crippen MR) is 177 cm³/mol. The Balaban J connectivity index is 1.41. The number of benzene rings is 2. The van der Waals surface area contributed by atoms with Gasteiger partial charge in [-0.25, -0.2) is 32.6 Å². The molecule has 250 valence electrons. The molecule has 2 aromatic heterocycles. The maximum absolute atomic E-state index is 15.0. The quantitative estimate of drug-likeness (QED) is 0.190. The second-order valence-corrected chi connectivity index (χ2v) is 14.8. The molecule has 13 heteroatoms. The number of rotatable bonds is 10. The zero-order valence-corrected chi connectivity index (χ0v) is 27.7. The lowest BCUT2D eigenvalue weighted by Crippen LogP contribution is -2.47. The Kier molecular flexibility index (Phi) is 10.2. The van der Waals surface area contributed by atoms with Crippen molar-refractivity contribution < 1.29 is 31.5 Å². The summed E-state index contributed by atoms with van der Waals surface area (Å²) in [7, 11) is -3.74. The summed E-state index contributed by atoms with van der Waals surface area (Å²) in [4.78, 5) is 27.9. The first-order valence-electron chi connectivity index (χ1n) is 15.5. The number of hydrogen-bond donors (Lipinski definition) is 1. The van der Waals surface area contributed by atoms with Crippen LogP contribution in [0.2, 0.25) is 0 Å². The van der Waals surface area contributed by atoms with Crippen molar-refractivity contribution in [2.45, 2.75) is 64.4 Å². The Hall–Kier alpha value is -4.39. The number of carbonyl (C=O) groups is 1. The second-order valence-electron chi connectivity index (χ2n) is 12.6. The van der Waals surface area contributed by atoms with Crippen molar-refractivity contribution in [2.24, 2.45) is 0 Å². The minimum absolute atomic E-state index is 0.00640. The molecule has 1 atom stereocenters. The van der Waals surface area contributed by atoms with E-state index < -0.39 is 33.7 Å². The van der Waals surface area contributed by atoms with E-state index in [0.29, 0.717) is 46.8 Å². The SMILES string of the molecule is Cc1ccc2c(CS(=O)(=O)CCCF)c(F)ccc2c1Oc1ncccc1-c1ccnc(N[C@H]2CCCN(C(=O)OC(C)(C)C)C2)n1. The average Bonchev–Trinajstić information content (AvgIpc) is 3.02. The highest BCUT2D eigenvalue weighted by Crippen LogP contribution is 2.38. The van der Waals surface area contributed by atoms with Crippen molar-refractivity contribution in [1.82, 2.24) is 19.9 Å². The number of nitrogens with one attached hydrogen (secondary N) is 1. The normalized spacial score (nSPS) is 15.4. The summed E-state index contributed by atoms with van der Waals surface area (Å²) in [5.41, 5.74) is 1.26. The van der Waals surface area contributed by atoms with E-state index in [4.69, 9.17) is 14.5 Å². The van der Waals surface area contributed by atoms with Crippen LogP contribution in [0, 0.1) is 12.7 Å². The first-order valence-corrected chi connectivity index (χ1v) is 17.3. The van der Waals surface area contributed by atoms with Gasteiger partial charge in [-0.15, -0.1) is 0 Å². The first-order chi connectivity index (χ1) is 22.3. The molecule has 4 aromatic rings. The molecule has 47 heavy (non-hydrogen) atoms. The number of pyridine rings is 1. The van der Waals surface area contributed by atoms with Gasteiger partial charge in [0.05, 0.1) is 29.4 Å². The van der Waals surface area contributed by atoms with Crippen molar-refractivity contribution in [3.05, 3.63) is 71.8 Å². The van der Waals surface area contributed by atoms with Crippen molar-refractivity contribution in [3.8, 4) is 22.9 Å². The topological polar surface area (TPSA) is 124 Å². The molecule has 1 aliphatic rings. The van der Waals surface area contributed by atoms with Gasteiger partial charge in [-0.3, -0.25) is 4.39 Å².